The van der Waals surface area contributed by atoms with E-state index in [1.165, 1.54) is 0 Å². The summed E-state index contributed by atoms with van der Waals surface area (Å²) < 4.78 is 11.4. The predicted molar refractivity (Wildman–Crippen MR) is 117 cm³/mol. The van der Waals surface area contributed by atoms with E-state index in [2.05, 4.69) is 4.90 Å². The molecule has 0 bridgehead atoms. The van der Waals surface area contributed by atoms with Gasteiger partial charge in [-0.1, -0.05) is 36.4 Å². The maximum absolute atomic E-state index is 12.4. The standard InChI is InChI=1S/C25H25NO3/c1-26(2)18-19-28-22-15-11-21(12-16-22)25(27)17-10-20-8-13-24(14-9-20)29-23-6-4-3-5-7-23/h3-17H,18-19H2,1-2H3/b17-10+. The van der Waals surface area contributed by atoms with Crippen molar-refractivity contribution in [1.82, 2.24) is 4.90 Å². The third kappa shape index (κ3) is 6.63. The molecule has 0 N–H and O–H groups in total. The number of hydrogen-bond donors (Lipinski definition) is 0. The molecule has 0 aliphatic carbocycles. The molecule has 0 aromatic heterocycles. The fraction of sp³-hybridized carbons (Fsp3) is 0.160. The third-order valence-electron chi connectivity index (χ3n) is 4.23. The lowest BCUT2D eigenvalue weighted by Gasteiger charge is -2.11. The van der Waals surface area contributed by atoms with Gasteiger partial charge in [0.15, 0.2) is 5.78 Å². The number of ether oxygens (including phenoxy) is 2. The minimum atomic E-state index is -0.0468. The molecule has 0 atom stereocenters. The Kier molecular flexibility index (Phi) is 7.20. The molecule has 3 aromatic carbocycles. The van der Waals surface area contributed by atoms with Gasteiger partial charge in [-0.05, 0) is 74.3 Å². The highest BCUT2D eigenvalue weighted by Crippen LogP contribution is 2.21. The summed E-state index contributed by atoms with van der Waals surface area (Å²) in [5.41, 5.74) is 1.56. The van der Waals surface area contributed by atoms with E-state index in [4.69, 9.17) is 9.47 Å². The normalized spacial score (nSPS) is 11.0. The van der Waals surface area contributed by atoms with Crippen LogP contribution in [0.15, 0.2) is 84.9 Å². The van der Waals surface area contributed by atoms with Crippen molar-refractivity contribution in [2.75, 3.05) is 27.2 Å². The first-order valence-corrected chi connectivity index (χ1v) is 9.53. The summed E-state index contributed by atoms with van der Waals surface area (Å²) in [7, 11) is 4.00. The van der Waals surface area contributed by atoms with Crippen molar-refractivity contribution in [1.29, 1.82) is 0 Å². The van der Waals surface area contributed by atoms with E-state index >= 15 is 0 Å². The number of rotatable bonds is 9. The molecule has 0 fully saturated rings. The maximum atomic E-state index is 12.4. The summed E-state index contributed by atoms with van der Waals surface area (Å²) >= 11 is 0. The van der Waals surface area contributed by atoms with Crippen molar-refractivity contribution in [3.63, 3.8) is 0 Å². The number of likely N-dealkylation sites (N-methyl/N-ethyl adjacent to an activating group) is 1. The predicted octanol–water partition coefficient (Wildman–Crippen LogP) is 5.32. The highest BCUT2D eigenvalue weighted by atomic mass is 16.5. The Labute approximate surface area is 172 Å². The number of ketones is 1. The molecule has 0 radical (unpaired) electrons. The lowest BCUT2D eigenvalue weighted by Crippen LogP contribution is -2.19. The summed E-state index contributed by atoms with van der Waals surface area (Å²) in [6.45, 7) is 1.46. The fourth-order valence-corrected chi connectivity index (χ4v) is 2.60. The van der Waals surface area contributed by atoms with Crippen molar-refractivity contribution in [2.45, 2.75) is 0 Å². The monoisotopic (exact) mass is 387 g/mol. The summed E-state index contributed by atoms with van der Waals surface area (Å²) in [4.78, 5) is 14.4. The molecule has 0 amide bonds. The Morgan fingerprint density at radius 2 is 1.45 bits per heavy atom. The van der Waals surface area contributed by atoms with Crippen LogP contribution in [-0.4, -0.2) is 37.9 Å². The fourth-order valence-electron chi connectivity index (χ4n) is 2.60. The molecule has 29 heavy (non-hydrogen) atoms. The van der Waals surface area contributed by atoms with Gasteiger partial charge in [-0.3, -0.25) is 4.79 Å². The molecule has 0 saturated carbocycles. The molecule has 3 rings (SSSR count). The molecule has 148 valence electrons. The summed E-state index contributed by atoms with van der Waals surface area (Å²) in [6.07, 6.45) is 3.38. The van der Waals surface area contributed by atoms with Crippen molar-refractivity contribution in [3.8, 4) is 17.2 Å². The minimum Gasteiger partial charge on any atom is -0.492 e. The van der Waals surface area contributed by atoms with Gasteiger partial charge in [-0.25, -0.2) is 0 Å². The van der Waals surface area contributed by atoms with E-state index in [0.29, 0.717) is 12.2 Å². The Morgan fingerprint density at radius 3 is 2.10 bits per heavy atom. The lowest BCUT2D eigenvalue weighted by atomic mass is 10.1. The molecule has 0 unspecified atom stereocenters. The zero-order valence-electron chi connectivity index (χ0n) is 16.7. The lowest BCUT2D eigenvalue weighted by molar-refractivity contribution is 0.104. The van der Waals surface area contributed by atoms with Crippen LogP contribution in [-0.2, 0) is 0 Å². The second-order valence-electron chi connectivity index (χ2n) is 6.86. The summed E-state index contributed by atoms with van der Waals surface area (Å²) in [5, 5.41) is 0. The number of benzene rings is 3. The Morgan fingerprint density at radius 1 is 0.828 bits per heavy atom. The average molecular weight is 387 g/mol. The van der Waals surface area contributed by atoms with Gasteiger partial charge in [0.25, 0.3) is 0 Å². The number of carbonyl (C=O) groups excluding carboxylic acids is 1. The van der Waals surface area contributed by atoms with Crippen LogP contribution in [0, 0.1) is 0 Å². The first kappa shape index (κ1) is 20.4. The van der Waals surface area contributed by atoms with E-state index in [1.807, 2.05) is 80.8 Å². The zero-order chi connectivity index (χ0) is 20.5. The van der Waals surface area contributed by atoms with E-state index in [0.717, 1.165) is 29.4 Å². The van der Waals surface area contributed by atoms with Crippen molar-refractivity contribution < 1.29 is 14.3 Å². The summed E-state index contributed by atoms with van der Waals surface area (Å²) in [5.74, 6) is 2.26. The van der Waals surface area contributed by atoms with Gasteiger partial charge in [0.1, 0.15) is 23.9 Å². The van der Waals surface area contributed by atoms with Crippen molar-refractivity contribution >= 4 is 11.9 Å². The molecular formula is C25H25NO3. The Hall–Kier alpha value is -3.37. The topological polar surface area (TPSA) is 38.8 Å². The van der Waals surface area contributed by atoms with Gasteiger partial charge in [0.05, 0.1) is 0 Å². The molecule has 0 aliphatic heterocycles. The molecule has 0 aliphatic rings. The quantitative estimate of drug-likeness (QED) is 0.368. The first-order chi connectivity index (χ1) is 14.1. The van der Waals surface area contributed by atoms with E-state index in [1.54, 1.807) is 24.3 Å². The summed E-state index contributed by atoms with van der Waals surface area (Å²) in [6, 6.07) is 24.5. The first-order valence-electron chi connectivity index (χ1n) is 9.53. The number of para-hydroxylation sites is 1. The van der Waals surface area contributed by atoms with Crippen molar-refractivity contribution in [2.24, 2.45) is 0 Å². The van der Waals surface area contributed by atoms with Crippen LogP contribution in [0.4, 0.5) is 0 Å². The molecule has 0 spiro atoms. The van der Waals surface area contributed by atoms with Gasteiger partial charge < -0.3 is 14.4 Å². The molecule has 3 aromatic rings. The molecule has 4 heteroatoms. The number of hydrogen-bond acceptors (Lipinski definition) is 4. The molecule has 4 nitrogen and oxygen atoms in total. The Balaban J connectivity index is 1.54. The average Bonchev–Trinajstić information content (AvgIpc) is 2.74. The SMILES string of the molecule is CN(C)CCOc1ccc(C(=O)/C=C/c2ccc(Oc3ccccc3)cc2)cc1. The number of nitrogens with zero attached hydrogens (tertiary/aromatic N) is 1. The van der Waals surface area contributed by atoms with Gasteiger partial charge in [-0.15, -0.1) is 0 Å². The minimum absolute atomic E-state index is 0.0468. The van der Waals surface area contributed by atoms with Crippen LogP contribution in [0.3, 0.4) is 0 Å². The Bertz CT molecular complexity index is 930. The van der Waals surface area contributed by atoms with Crippen LogP contribution >= 0.6 is 0 Å². The van der Waals surface area contributed by atoms with Gasteiger partial charge in [-0.2, -0.15) is 0 Å². The van der Waals surface area contributed by atoms with Crippen LogP contribution in [0.1, 0.15) is 15.9 Å². The smallest absolute Gasteiger partial charge is 0.185 e. The highest BCUT2D eigenvalue weighted by molar-refractivity contribution is 6.06. The van der Waals surface area contributed by atoms with Crippen molar-refractivity contribution in [3.05, 3.63) is 96.1 Å². The maximum Gasteiger partial charge on any atom is 0.185 e. The third-order valence-corrected chi connectivity index (χ3v) is 4.23. The van der Waals surface area contributed by atoms with Gasteiger partial charge in [0, 0.05) is 12.1 Å². The van der Waals surface area contributed by atoms with E-state index < -0.39 is 0 Å². The van der Waals surface area contributed by atoms with Gasteiger partial charge in [0.2, 0.25) is 0 Å². The number of allylic oxidation sites excluding steroid dienone is 1. The largest absolute Gasteiger partial charge is 0.492 e. The zero-order valence-corrected chi connectivity index (χ0v) is 16.7. The van der Waals surface area contributed by atoms with Crippen LogP contribution in [0.5, 0.6) is 17.2 Å². The second kappa shape index (κ2) is 10.2. The van der Waals surface area contributed by atoms with Crippen LogP contribution in [0.25, 0.3) is 6.08 Å². The number of carbonyl (C=O) groups is 1. The molecule has 0 heterocycles. The molecular weight excluding hydrogens is 362 g/mol. The molecule has 0 saturated heterocycles. The van der Waals surface area contributed by atoms with Crippen LogP contribution in [0.2, 0.25) is 0 Å². The highest BCUT2D eigenvalue weighted by Gasteiger charge is 2.03. The second-order valence-corrected chi connectivity index (χ2v) is 6.86. The van der Waals surface area contributed by atoms with E-state index in [9.17, 15) is 4.79 Å². The van der Waals surface area contributed by atoms with Gasteiger partial charge >= 0.3 is 0 Å². The van der Waals surface area contributed by atoms with Crippen LogP contribution < -0.4 is 9.47 Å². The van der Waals surface area contributed by atoms with E-state index in [-0.39, 0.29) is 5.78 Å².